The third kappa shape index (κ3) is 26.2. The summed E-state index contributed by atoms with van der Waals surface area (Å²) in [5.41, 5.74) is 0. The molecule has 5 N–H and O–H groups in total. The number of hydrogen-bond donors (Lipinski definition) is 4. The van der Waals surface area contributed by atoms with Crippen LogP contribution >= 0.6 is 0 Å². The molecule has 0 unspecified atom stereocenters. The number of rotatable bonds is 18. The molecule has 25 heavy (non-hydrogen) atoms. The maximum absolute atomic E-state index is 8.73. The Labute approximate surface area is 161 Å². The molecule has 0 aromatic carbocycles. The van der Waals surface area contributed by atoms with Crippen LogP contribution in [0.15, 0.2) is 12.2 Å². The summed E-state index contributed by atoms with van der Waals surface area (Å²) in [6, 6.07) is 0. The van der Waals surface area contributed by atoms with Crippen molar-refractivity contribution in [2.45, 2.75) is 103 Å². The normalized spacial score (nSPS) is 11.8. The lowest BCUT2D eigenvalue weighted by Gasteiger charge is -2.11. The maximum Gasteiger partial charge on any atom is 0.327 e. The fourth-order valence-corrected chi connectivity index (χ4v) is 2.83. The van der Waals surface area contributed by atoms with Crippen molar-refractivity contribution in [3.05, 3.63) is 12.2 Å². The molecule has 0 aliphatic rings. The van der Waals surface area contributed by atoms with Crippen LogP contribution in [0.1, 0.15) is 96.8 Å². The first kappa shape index (κ1) is 27.1. The summed E-state index contributed by atoms with van der Waals surface area (Å²) >= 11 is 0. The first-order valence-corrected chi connectivity index (χ1v) is 10.2. The van der Waals surface area contributed by atoms with E-state index in [1.54, 1.807) is 5.32 Å². The molecule has 0 heterocycles. The Bertz CT molecular complexity index is 281. The second kappa shape index (κ2) is 20.2. The molecule has 0 aromatic heterocycles. The van der Waals surface area contributed by atoms with Gasteiger partial charge in [0.05, 0.1) is 6.54 Å². The van der Waals surface area contributed by atoms with Gasteiger partial charge in [0.25, 0.3) is 0 Å². The molecule has 0 rings (SSSR count). The van der Waals surface area contributed by atoms with Crippen molar-refractivity contribution in [1.82, 2.24) is 0 Å². The molecular weight excluding hydrogens is 338 g/mol. The van der Waals surface area contributed by atoms with E-state index in [1.807, 2.05) is 0 Å². The van der Waals surface area contributed by atoms with Crippen molar-refractivity contribution in [3.63, 3.8) is 0 Å². The summed E-state index contributed by atoms with van der Waals surface area (Å²) in [5.74, 6) is -2.53. The minimum absolute atomic E-state index is 0. The zero-order chi connectivity index (χ0) is 17.9. The predicted molar refractivity (Wildman–Crippen MR) is 100 cm³/mol. The van der Waals surface area contributed by atoms with Gasteiger partial charge in [0.2, 0.25) is 0 Å². The molecule has 0 atom stereocenters. The second-order valence-electron chi connectivity index (χ2n) is 6.99. The van der Waals surface area contributed by atoms with Crippen LogP contribution in [-0.2, 0) is 0 Å². The van der Waals surface area contributed by atoms with Gasteiger partial charge in [-0.25, -0.2) is 0 Å². The highest BCUT2D eigenvalue weighted by atomic mass is 35.5. The summed E-state index contributed by atoms with van der Waals surface area (Å²) in [6.07, 6.45) is 22.8. The summed E-state index contributed by atoms with van der Waals surface area (Å²) < 4.78 is 0. The van der Waals surface area contributed by atoms with Crippen LogP contribution in [0.2, 0.25) is 0 Å². The van der Waals surface area contributed by atoms with Crippen molar-refractivity contribution in [2.75, 3.05) is 13.1 Å². The standard InChI is InChI=1S/C20H41NO3.ClH/c1-2-3-4-5-6-7-8-9-10-11-12-13-14-15-16-17-18-21-19-20(22,23)24;/h9-10,21-24H,2-8,11-19H2,1H3;1H/b10-9-;. The Kier molecular flexibility index (Phi) is 21.9. The molecule has 5 heteroatoms. The molecule has 0 bridgehead atoms. The van der Waals surface area contributed by atoms with Gasteiger partial charge in [0.1, 0.15) is 0 Å². The number of nitrogens with two attached hydrogens (primary N) is 1. The third-order valence-corrected chi connectivity index (χ3v) is 4.34. The Balaban J connectivity index is 0. The number of allylic oxidation sites excluding steroid dienone is 2. The molecule has 152 valence electrons. The molecule has 4 nitrogen and oxygen atoms in total. The largest absolute Gasteiger partial charge is 1.00 e. The Morgan fingerprint density at radius 2 is 1.12 bits per heavy atom. The molecule has 0 aliphatic carbocycles. The maximum atomic E-state index is 8.73. The molecule has 0 saturated heterocycles. The van der Waals surface area contributed by atoms with Crippen LogP contribution in [-0.4, -0.2) is 34.4 Å². The minimum Gasteiger partial charge on any atom is -1.00 e. The zero-order valence-corrected chi connectivity index (χ0v) is 17.0. The van der Waals surface area contributed by atoms with E-state index >= 15 is 0 Å². The van der Waals surface area contributed by atoms with E-state index < -0.39 is 5.97 Å². The van der Waals surface area contributed by atoms with Crippen LogP contribution in [0, 0.1) is 0 Å². The van der Waals surface area contributed by atoms with Gasteiger partial charge in [0.15, 0.2) is 6.54 Å². The first-order chi connectivity index (χ1) is 11.6. The Hall–Kier alpha value is -0.130. The Morgan fingerprint density at radius 3 is 1.60 bits per heavy atom. The summed E-state index contributed by atoms with van der Waals surface area (Å²) in [7, 11) is 0. The van der Waals surface area contributed by atoms with Crippen molar-refractivity contribution >= 4 is 0 Å². The summed E-state index contributed by atoms with van der Waals surface area (Å²) in [4.78, 5) is 0. The van der Waals surface area contributed by atoms with Crippen molar-refractivity contribution in [1.29, 1.82) is 0 Å². The number of hydrogen-bond acceptors (Lipinski definition) is 3. The quantitative estimate of drug-likeness (QED) is 0.156. The molecule has 0 saturated carbocycles. The second-order valence-corrected chi connectivity index (χ2v) is 6.99. The SMILES string of the molecule is CCCCCCCC/C=C\CCCCCCCC[NH2+]CC(O)(O)O.[Cl-]. The van der Waals surface area contributed by atoms with Gasteiger partial charge in [-0.05, 0) is 38.5 Å². The smallest absolute Gasteiger partial charge is 0.327 e. The molecule has 0 aliphatic heterocycles. The lowest BCUT2D eigenvalue weighted by atomic mass is 10.1. The third-order valence-electron chi connectivity index (χ3n) is 4.34. The van der Waals surface area contributed by atoms with E-state index in [4.69, 9.17) is 15.3 Å². The fraction of sp³-hybridized carbons (Fsp3) is 0.900. The van der Waals surface area contributed by atoms with Gasteiger partial charge in [0, 0.05) is 0 Å². The molecule has 0 aromatic rings. The minimum atomic E-state index is -2.53. The Morgan fingerprint density at radius 1 is 0.680 bits per heavy atom. The lowest BCUT2D eigenvalue weighted by molar-refractivity contribution is -0.688. The van der Waals surface area contributed by atoms with Gasteiger partial charge in [-0.2, -0.15) is 0 Å². The van der Waals surface area contributed by atoms with Gasteiger partial charge in [-0.1, -0.05) is 70.4 Å². The highest BCUT2D eigenvalue weighted by molar-refractivity contribution is 4.81. The highest BCUT2D eigenvalue weighted by Gasteiger charge is 2.19. The monoisotopic (exact) mass is 379 g/mol. The van der Waals surface area contributed by atoms with Gasteiger partial charge in [-0.3, -0.25) is 0 Å². The van der Waals surface area contributed by atoms with E-state index in [2.05, 4.69) is 19.1 Å². The zero-order valence-electron chi connectivity index (χ0n) is 16.3. The van der Waals surface area contributed by atoms with Gasteiger partial charge < -0.3 is 33.0 Å². The van der Waals surface area contributed by atoms with Crippen molar-refractivity contribution < 1.29 is 33.0 Å². The van der Waals surface area contributed by atoms with Gasteiger partial charge in [-0.15, -0.1) is 0 Å². The molecule has 0 fully saturated rings. The van der Waals surface area contributed by atoms with E-state index in [0.717, 1.165) is 13.0 Å². The number of aliphatic hydroxyl groups is 3. The number of halogens is 1. The van der Waals surface area contributed by atoms with E-state index in [-0.39, 0.29) is 19.0 Å². The topological polar surface area (TPSA) is 77.3 Å². The average Bonchev–Trinajstić information content (AvgIpc) is 2.52. The van der Waals surface area contributed by atoms with Crippen LogP contribution in [0.25, 0.3) is 0 Å². The van der Waals surface area contributed by atoms with Crippen molar-refractivity contribution in [2.24, 2.45) is 0 Å². The van der Waals surface area contributed by atoms with E-state index in [0.29, 0.717) is 0 Å². The highest BCUT2D eigenvalue weighted by Crippen LogP contribution is 2.09. The molecular formula is C20H42ClNO3. The van der Waals surface area contributed by atoms with Crippen LogP contribution < -0.4 is 17.7 Å². The van der Waals surface area contributed by atoms with E-state index in [9.17, 15) is 0 Å². The summed E-state index contributed by atoms with van der Waals surface area (Å²) in [5, 5.41) is 27.9. The summed E-state index contributed by atoms with van der Waals surface area (Å²) in [6.45, 7) is 3.03. The lowest BCUT2D eigenvalue weighted by Crippen LogP contribution is -3.00. The van der Waals surface area contributed by atoms with Crippen molar-refractivity contribution in [3.8, 4) is 0 Å². The predicted octanol–water partition coefficient (Wildman–Crippen LogP) is 0.222. The average molecular weight is 380 g/mol. The van der Waals surface area contributed by atoms with Gasteiger partial charge >= 0.3 is 5.97 Å². The fourth-order valence-electron chi connectivity index (χ4n) is 2.83. The number of quaternary nitrogens is 1. The molecule has 0 amide bonds. The molecule has 0 radical (unpaired) electrons. The van der Waals surface area contributed by atoms with Crippen LogP contribution in [0.5, 0.6) is 0 Å². The molecule has 0 spiro atoms. The van der Waals surface area contributed by atoms with Crippen LogP contribution in [0.4, 0.5) is 0 Å². The van der Waals surface area contributed by atoms with Crippen LogP contribution in [0.3, 0.4) is 0 Å². The van der Waals surface area contributed by atoms with E-state index in [1.165, 1.54) is 83.5 Å². The first-order valence-electron chi connectivity index (χ1n) is 10.2. The number of unbranched alkanes of at least 4 members (excludes halogenated alkanes) is 12.